The molecular formula is C11H16ClNO3. The smallest absolute Gasteiger partial charge is 0.213 e. The molecule has 0 heterocycles. The van der Waals surface area contributed by atoms with Gasteiger partial charge < -0.3 is 14.9 Å². The summed E-state index contributed by atoms with van der Waals surface area (Å²) >= 11 is 6.00. The van der Waals surface area contributed by atoms with Crippen molar-refractivity contribution >= 4 is 11.6 Å². The second-order valence-electron chi connectivity index (χ2n) is 3.46. The van der Waals surface area contributed by atoms with Gasteiger partial charge in [0, 0.05) is 10.6 Å². The third-order valence-corrected chi connectivity index (χ3v) is 2.52. The number of aliphatic hydroxyl groups is 2. The van der Waals surface area contributed by atoms with E-state index in [9.17, 15) is 10.2 Å². The van der Waals surface area contributed by atoms with Crippen molar-refractivity contribution in [2.45, 2.75) is 25.5 Å². The number of halogens is 1. The third kappa shape index (κ3) is 3.43. The molecule has 1 aromatic rings. The fourth-order valence-corrected chi connectivity index (χ4v) is 1.60. The minimum Gasteiger partial charge on any atom is -0.390 e. The highest BCUT2D eigenvalue weighted by atomic mass is 35.5. The van der Waals surface area contributed by atoms with Gasteiger partial charge in [0.25, 0.3) is 0 Å². The van der Waals surface area contributed by atoms with Crippen LogP contribution in [0.25, 0.3) is 0 Å². The zero-order valence-electron chi connectivity index (χ0n) is 9.22. The van der Waals surface area contributed by atoms with Crippen molar-refractivity contribution in [1.82, 2.24) is 5.32 Å². The molecule has 0 saturated carbocycles. The number of hydrogen-bond donors (Lipinski definition) is 3. The normalized spacial score (nSPS) is 16.8. The number of nitrogens with one attached hydrogen (secondary N) is 1. The average Bonchev–Trinajstić information content (AvgIpc) is 2.26. The van der Waals surface area contributed by atoms with E-state index in [0.29, 0.717) is 10.6 Å². The Bertz CT molecular complexity index is 333. The van der Waals surface area contributed by atoms with Crippen LogP contribution in [0.3, 0.4) is 0 Å². The lowest BCUT2D eigenvalue weighted by Gasteiger charge is -2.24. The van der Waals surface area contributed by atoms with E-state index in [-0.39, 0.29) is 0 Å². The van der Waals surface area contributed by atoms with Gasteiger partial charge in [-0.15, -0.1) is 0 Å². The standard InChI is InChI=1S/C11H16ClNO3/c1-7(14)10(16-11(15)13-2)8-5-3-4-6-9(8)12/h3-7,10-11,13-15H,1-2H3. The highest BCUT2D eigenvalue weighted by Crippen LogP contribution is 2.28. The molecule has 1 aromatic carbocycles. The molecule has 3 unspecified atom stereocenters. The van der Waals surface area contributed by atoms with Crippen LogP contribution >= 0.6 is 11.6 Å². The largest absolute Gasteiger partial charge is 0.390 e. The third-order valence-electron chi connectivity index (χ3n) is 2.17. The van der Waals surface area contributed by atoms with Crippen molar-refractivity contribution < 1.29 is 14.9 Å². The monoisotopic (exact) mass is 245 g/mol. The molecule has 16 heavy (non-hydrogen) atoms. The van der Waals surface area contributed by atoms with Crippen molar-refractivity contribution in [2.24, 2.45) is 0 Å². The van der Waals surface area contributed by atoms with Gasteiger partial charge in [0.2, 0.25) is 6.41 Å². The maximum absolute atomic E-state index is 9.61. The Balaban J connectivity index is 2.90. The Morgan fingerprint density at radius 1 is 1.31 bits per heavy atom. The van der Waals surface area contributed by atoms with Crippen LogP contribution in [-0.2, 0) is 4.74 Å². The van der Waals surface area contributed by atoms with E-state index < -0.39 is 18.6 Å². The Morgan fingerprint density at radius 2 is 1.94 bits per heavy atom. The van der Waals surface area contributed by atoms with Crippen molar-refractivity contribution in [2.75, 3.05) is 7.05 Å². The Hall–Kier alpha value is -0.650. The maximum Gasteiger partial charge on any atom is 0.213 e. The molecule has 0 aliphatic carbocycles. The van der Waals surface area contributed by atoms with E-state index in [2.05, 4.69) is 5.32 Å². The summed E-state index contributed by atoms with van der Waals surface area (Å²) in [4.78, 5) is 0. The summed E-state index contributed by atoms with van der Waals surface area (Å²) < 4.78 is 5.24. The summed E-state index contributed by atoms with van der Waals surface area (Å²) in [5.74, 6) is 0. The molecule has 0 spiro atoms. The zero-order valence-corrected chi connectivity index (χ0v) is 9.98. The van der Waals surface area contributed by atoms with Crippen LogP contribution in [0.15, 0.2) is 24.3 Å². The first-order valence-corrected chi connectivity index (χ1v) is 5.37. The molecule has 3 N–H and O–H groups in total. The summed E-state index contributed by atoms with van der Waals surface area (Å²) in [6.07, 6.45) is -2.59. The van der Waals surface area contributed by atoms with Crippen LogP contribution in [-0.4, -0.2) is 29.8 Å². The molecule has 0 bridgehead atoms. The highest BCUT2D eigenvalue weighted by molar-refractivity contribution is 6.31. The quantitative estimate of drug-likeness (QED) is 0.684. The van der Waals surface area contributed by atoms with Gasteiger partial charge in [0.1, 0.15) is 6.10 Å². The van der Waals surface area contributed by atoms with Gasteiger partial charge in [0.05, 0.1) is 6.10 Å². The van der Waals surface area contributed by atoms with E-state index in [1.165, 1.54) is 0 Å². The topological polar surface area (TPSA) is 61.7 Å². The second kappa shape index (κ2) is 6.18. The molecule has 0 aliphatic rings. The Labute approximate surface area is 99.8 Å². The van der Waals surface area contributed by atoms with Crippen molar-refractivity contribution in [1.29, 1.82) is 0 Å². The SMILES string of the molecule is CNC(O)OC(c1ccccc1Cl)C(C)O. The Kier molecular flexibility index (Phi) is 5.18. The lowest BCUT2D eigenvalue weighted by atomic mass is 10.1. The second-order valence-corrected chi connectivity index (χ2v) is 3.87. The predicted molar refractivity (Wildman–Crippen MR) is 62.0 cm³/mol. The molecule has 5 heteroatoms. The number of rotatable bonds is 5. The summed E-state index contributed by atoms with van der Waals surface area (Å²) in [6, 6.07) is 7.05. The van der Waals surface area contributed by atoms with Crippen LogP contribution in [0.1, 0.15) is 18.6 Å². The molecule has 0 fully saturated rings. The molecule has 0 amide bonds. The van der Waals surface area contributed by atoms with Gasteiger partial charge >= 0.3 is 0 Å². The molecule has 0 radical (unpaired) electrons. The van der Waals surface area contributed by atoms with Gasteiger partial charge in [-0.25, -0.2) is 0 Å². The number of benzene rings is 1. The van der Waals surface area contributed by atoms with Crippen LogP contribution in [0.4, 0.5) is 0 Å². The first-order chi connectivity index (χ1) is 7.56. The van der Waals surface area contributed by atoms with E-state index >= 15 is 0 Å². The first-order valence-electron chi connectivity index (χ1n) is 4.99. The Morgan fingerprint density at radius 3 is 2.44 bits per heavy atom. The molecule has 1 rings (SSSR count). The van der Waals surface area contributed by atoms with Gasteiger partial charge in [0.15, 0.2) is 0 Å². The van der Waals surface area contributed by atoms with E-state index in [0.717, 1.165) is 0 Å². The summed E-state index contributed by atoms with van der Waals surface area (Å²) in [5.41, 5.74) is 0.647. The van der Waals surface area contributed by atoms with Gasteiger partial charge in [-0.3, -0.25) is 5.32 Å². The van der Waals surface area contributed by atoms with Gasteiger partial charge in [-0.1, -0.05) is 29.8 Å². The zero-order chi connectivity index (χ0) is 12.1. The number of ether oxygens (including phenoxy) is 1. The molecule has 90 valence electrons. The fourth-order valence-electron chi connectivity index (χ4n) is 1.36. The van der Waals surface area contributed by atoms with E-state index in [1.54, 1.807) is 38.2 Å². The minimum absolute atomic E-state index is 0.497. The predicted octanol–water partition coefficient (Wildman–Crippen LogP) is 1.27. The summed E-state index contributed by atoms with van der Waals surface area (Å²) in [7, 11) is 1.55. The lowest BCUT2D eigenvalue weighted by molar-refractivity contribution is -0.176. The fraction of sp³-hybridized carbons (Fsp3) is 0.455. The van der Waals surface area contributed by atoms with Crippen molar-refractivity contribution in [3.05, 3.63) is 34.9 Å². The molecule has 4 nitrogen and oxygen atoms in total. The molecule has 0 aromatic heterocycles. The van der Waals surface area contributed by atoms with Crippen molar-refractivity contribution in [3.63, 3.8) is 0 Å². The van der Waals surface area contributed by atoms with Crippen molar-refractivity contribution in [3.8, 4) is 0 Å². The van der Waals surface area contributed by atoms with Crippen LogP contribution < -0.4 is 5.32 Å². The molecule has 0 aliphatic heterocycles. The highest BCUT2D eigenvalue weighted by Gasteiger charge is 2.22. The number of hydrogen-bond acceptors (Lipinski definition) is 4. The van der Waals surface area contributed by atoms with Crippen LogP contribution in [0.5, 0.6) is 0 Å². The maximum atomic E-state index is 9.61. The van der Waals surface area contributed by atoms with E-state index in [4.69, 9.17) is 16.3 Å². The minimum atomic E-state index is -1.14. The number of aliphatic hydroxyl groups excluding tert-OH is 2. The van der Waals surface area contributed by atoms with Gasteiger partial charge in [-0.2, -0.15) is 0 Å². The van der Waals surface area contributed by atoms with Crippen LogP contribution in [0, 0.1) is 0 Å². The molecule has 0 saturated heterocycles. The van der Waals surface area contributed by atoms with Crippen LogP contribution in [0.2, 0.25) is 5.02 Å². The molecule has 3 atom stereocenters. The first kappa shape index (κ1) is 13.4. The van der Waals surface area contributed by atoms with Gasteiger partial charge in [-0.05, 0) is 20.0 Å². The summed E-state index contributed by atoms with van der Waals surface area (Å²) in [5, 5.41) is 22.0. The summed E-state index contributed by atoms with van der Waals surface area (Å²) in [6.45, 7) is 1.58. The average molecular weight is 246 g/mol. The molecular weight excluding hydrogens is 230 g/mol. The van der Waals surface area contributed by atoms with E-state index in [1.807, 2.05) is 0 Å². The lowest BCUT2D eigenvalue weighted by Crippen LogP contribution is -2.32.